The van der Waals surface area contributed by atoms with Crippen LogP contribution in [0.1, 0.15) is 24.2 Å². The van der Waals surface area contributed by atoms with E-state index in [9.17, 15) is 27.2 Å². The molecule has 1 atom stereocenters. The summed E-state index contributed by atoms with van der Waals surface area (Å²) in [4.78, 5) is 25.1. The number of hydrogen-bond acceptors (Lipinski definition) is 3. The second kappa shape index (κ2) is 6.77. The molecule has 0 saturated heterocycles. The van der Waals surface area contributed by atoms with Gasteiger partial charge < -0.3 is 5.32 Å². The van der Waals surface area contributed by atoms with Gasteiger partial charge in [-0.2, -0.15) is 18.3 Å². The van der Waals surface area contributed by atoms with Crippen molar-refractivity contribution in [1.82, 2.24) is 14.3 Å². The molecule has 3 aromatic rings. The lowest BCUT2D eigenvalue weighted by Crippen LogP contribution is -2.33. The Morgan fingerprint density at radius 1 is 1.25 bits per heavy atom. The van der Waals surface area contributed by atoms with Crippen molar-refractivity contribution in [3.63, 3.8) is 0 Å². The summed E-state index contributed by atoms with van der Waals surface area (Å²) in [5.74, 6) is -1.43. The number of nitrogens with zero attached hydrogens (tertiary/aromatic N) is 3. The van der Waals surface area contributed by atoms with Crippen molar-refractivity contribution in [1.29, 1.82) is 0 Å². The van der Waals surface area contributed by atoms with Crippen LogP contribution < -0.4 is 10.9 Å². The van der Waals surface area contributed by atoms with Crippen LogP contribution in [0.2, 0.25) is 0 Å². The van der Waals surface area contributed by atoms with E-state index >= 15 is 0 Å². The average Bonchev–Trinajstić information content (AvgIpc) is 2.89. The number of amides is 1. The summed E-state index contributed by atoms with van der Waals surface area (Å²) in [5, 5.41) is 6.05. The number of halogens is 4. The molecule has 2 heterocycles. The van der Waals surface area contributed by atoms with Crippen molar-refractivity contribution in [3.8, 4) is 0 Å². The van der Waals surface area contributed by atoms with Crippen LogP contribution in [0.25, 0.3) is 11.0 Å². The van der Waals surface area contributed by atoms with Crippen LogP contribution in [0.5, 0.6) is 0 Å². The van der Waals surface area contributed by atoms with Crippen LogP contribution in [0.15, 0.2) is 35.1 Å². The molecule has 1 aromatic carbocycles. The lowest BCUT2D eigenvalue weighted by Gasteiger charge is -2.19. The molecule has 0 fully saturated rings. The van der Waals surface area contributed by atoms with Gasteiger partial charge >= 0.3 is 6.18 Å². The molecule has 0 saturated carbocycles. The topological polar surface area (TPSA) is 68.9 Å². The van der Waals surface area contributed by atoms with Gasteiger partial charge in [0, 0.05) is 13.1 Å². The fourth-order valence-electron chi connectivity index (χ4n) is 3.12. The van der Waals surface area contributed by atoms with Gasteiger partial charge in [-0.1, -0.05) is 12.1 Å². The first-order chi connectivity index (χ1) is 13.0. The van der Waals surface area contributed by atoms with Crippen molar-refractivity contribution in [2.24, 2.45) is 7.05 Å². The molecular weight excluding hydrogens is 380 g/mol. The molecule has 1 N–H and O–H groups in total. The highest BCUT2D eigenvalue weighted by Gasteiger charge is 2.37. The maximum Gasteiger partial charge on any atom is 0.417 e. The van der Waals surface area contributed by atoms with Gasteiger partial charge in [-0.05, 0) is 26.0 Å². The van der Waals surface area contributed by atoms with E-state index in [4.69, 9.17) is 0 Å². The first kappa shape index (κ1) is 19.6. The van der Waals surface area contributed by atoms with Crippen molar-refractivity contribution in [2.45, 2.75) is 26.1 Å². The Balaban J connectivity index is 2.15. The SMILES string of the molecule is Cc1nn(C)c2c1c(C(F)(F)F)cc(=O)n2C(C)C(=O)Nc1ccccc1F. The Morgan fingerprint density at radius 2 is 1.89 bits per heavy atom. The number of benzene rings is 1. The number of para-hydroxylation sites is 1. The number of aryl methyl sites for hydroxylation is 2. The standard InChI is InChI=1S/C18H16F4N4O2/c1-9-15-11(18(20,21)22)8-14(27)26(17(15)25(3)24-9)10(2)16(28)23-13-7-5-4-6-12(13)19/h4-8,10H,1-3H3,(H,23,28). The van der Waals surface area contributed by atoms with Gasteiger partial charge in [-0.3, -0.25) is 18.8 Å². The van der Waals surface area contributed by atoms with E-state index in [1.165, 1.54) is 39.1 Å². The fourth-order valence-corrected chi connectivity index (χ4v) is 3.12. The van der Waals surface area contributed by atoms with Crippen LogP contribution in [-0.2, 0) is 18.0 Å². The third-order valence-corrected chi connectivity index (χ3v) is 4.40. The Bertz CT molecular complexity index is 1130. The molecule has 148 valence electrons. The Labute approximate surface area is 156 Å². The molecule has 0 aliphatic heterocycles. The summed E-state index contributed by atoms with van der Waals surface area (Å²) in [6.07, 6.45) is -4.76. The average molecular weight is 396 g/mol. The summed E-state index contributed by atoms with van der Waals surface area (Å²) in [5.41, 5.74) is -2.30. The molecule has 0 aliphatic carbocycles. The van der Waals surface area contributed by atoms with E-state index in [1.54, 1.807) is 0 Å². The van der Waals surface area contributed by atoms with E-state index in [1.807, 2.05) is 0 Å². The Hall–Kier alpha value is -3.17. The van der Waals surface area contributed by atoms with E-state index in [0.29, 0.717) is 6.07 Å². The molecular formula is C18H16F4N4O2. The summed E-state index contributed by atoms with van der Waals surface area (Å²) < 4.78 is 56.0. The minimum absolute atomic E-state index is 0.0697. The minimum Gasteiger partial charge on any atom is -0.322 e. The number of alkyl halides is 3. The van der Waals surface area contributed by atoms with Gasteiger partial charge in [-0.25, -0.2) is 4.39 Å². The van der Waals surface area contributed by atoms with Gasteiger partial charge in [0.15, 0.2) is 0 Å². The summed E-state index contributed by atoms with van der Waals surface area (Å²) in [6.45, 7) is 2.73. The molecule has 0 aliphatic rings. The molecule has 1 amide bonds. The predicted molar refractivity (Wildman–Crippen MR) is 94.5 cm³/mol. The normalized spacial score (nSPS) is 13.0. The zero-order valence-corrected chi connectivity index (χ0v) is 15.1. The van der Waals surface area contributed by atoms with Gasteiger partial charge in [0.05, 0.1) is 22.3 Å². The highest BCUT2D eigenvalue weighted by atomic mass is 19.4. The maximum atomic E-state index is 13.8. The van der Waals surface area contributed by atoms with Crippen LogP contribution >= 0.6 is 0 Å². The minimum atomic E-state index is -4.76. The molecule has 28 heavy (non-hydrogen) atoms. The third kappa shape index (κ3) is 3.25. The summed E-state index contributed by atoms with van der Waals surface area (Å²) >= 11 is 0. The van der Waals surface area contributed by atoms with E-state index < -0.39 is 35.1 Å². The van der Waals surface area contributed by atoms with Crippen molar-refractivity contribution < 1.29 is 22.4 Å². The largest absolute Gasteiger partial charge is 0.417 e. The molecule has 6 nitrogen and oxygen atoms in total. The van der Waals surface area contributed by atoms with Gasteiger partial charge in [0.25, 0.3) is 5.56 Å². The number of carbonyl (C=O) groups excluding carboxylic acids is 1. The first-order valence-corrected chi connectivity index (χ1v) is 8.23. The number of nitrogens with one attached hydrogen (secondary N) is 1. The quantitative estimate of drug-likeness (QED) is 0.690. The Morgan fingerprint density at radius 3 is 2.50 bits per heavy atom. The van der Waals surface area contributed by atoms with Crippen LogP contribution in [0.4, 0.5) is 23.2 Å². The fraction of sp³-hybridized carbons (Fsp3) is 0.278. The molecule has 0 bridgehead atoms. The Kier molecular flexibility index (Phi) is 4.74. The van der Waals surface area contributed by atoms with Crippen LogP contribution in [-0.4, -0.2) is 20.3 Å². The van der Waals surface area contributed by atoms with Gasteiger partial charge in [0.1, 0.15) is 17.5 Å². The smallest absolute Gasteiger partial charge is 0.322 e. The molecule has 0 spiro atoms. The van der Waals surface area contributed by atoms with Crippen LogP contribution in [0, 0.1) is 12.7 Å². The van der Waals surface area contributed by atoms with E-state index in [2.05, 4.69) is 10.4 Å². The number of anilines is 1. The highest BCUT2D eigenvalue weighted by molar-refractivity contribution is 5.95. The third-order valence-electron chi connectivity index (χ3n) is 4.40. The number of fused-ring (bicyclic) bond motifs is 1. The number of aromatic nitrogens is 3. The molecule has 2 aromatic heterocycles. The van der Waals surface area contributed by atoms with Gasteiger partial charge in [-0.15, -0.1) is 0 Å². The highest BCUT2D eigenvalue weighted by Crippen LogP contribution is 2.35. The maximum absolute atomic E-state index is 13.8. The first-order valence-electron chi connectivity index (χ1n) is 8.23. The molecule has 3 rings (SSSR count). The monoisotopic (exact) mass is 396 g/mol. The molecule has 10 heteroatoms. The summed E-state index contributed by atoms with van der Waals surface area (Å²) in [6, 6.07) is 4.66. The predicted octanol–water partition coefficient (Wildman–Crippen LogP) is 3.40. The molecule has 0 radical (unpaired) electrons. The second-order valence-electron chi connectivity index (χ2n) is 6.32. The number of pyridine rings is 1. The van der Waals surface area contributed by atoms with Crippen LogP contribution in [0.3, 0.4) is 0 Å². The van der Waals surface area contributed by atoms with Crippen molar-refractivity contribution in [2.75, 3.05) is 5.32 Å². The number of carbonyl (C=O) groups is 1. The number of rotatable bonds is 3. The second-order valence-corrected chi connectivity index (χ2v) is 6.32. The van der Waals surface area contributed by atoms with E-state index in [-0.39, 0.29) is 22.4 Å². The number of hydrogen-bond donors (Lipinski definition) is 1. The van der Waals surface area contributed by atoms with Gasteiger partial charge in [0.2, 0.25) is 5.91 Å². The zero-order valence-electron chi connectivity index (χ0n) is 15.1. The van der Waals surface area contributed by atoms with Crippen molar-refractivity contribution >= 4 is 22.6 Å². The lowest BCUT2D eigenvalue weighted by atomic mass is 10.1. The zero-order chi connectivity index (χ0) is 20.8. The lowest BCUT2D eigenvalue weighted by molar-refractivity contribution is -0.136. The summed E-state index contributed by atoms with van der Waals surface area (Å²) in [7, 11) is 1.38. The van der Waals surface area contributed by atoms with Crippen molar-refractivity contribution in [3.05, 3.63) is 57.8 Å². The molecule has 1 unspecified atom stereocenters. The van der Waals surface area contributed by atoms with E-state index in [0.717, 1.165) is 15.3 Å².